The first kappa shape index (κ1) is 50.3. The minimum absolute atomic E-state index is 0.208. The molecule has 4 atom stereocenters. The smallest absolute Gasteiger partial charge is 0.305 e. The van der Waals surface area contributed by atoms with Crippen molar-refractivity contribution in [3.05, 3.63) is 140 Å². The number of anilines is 2. The molecule has 0 bridgehead atoms. The largest absolute Gasteiger partial charge is 0.460 e. The fourth-order valence-corrected chi connectivity index (χ4v) is 6.03. The Labute approximate surface area is 390 Å². The number of rotatable bonds is 13. The Morgan fingerprint density at radius 3 is 1.48 bits per heavy atom. The number of hydrogen-bond donors (Lipinski definition) is 3. The van der Waals surface area contributed by atoms with Crippen molar-refractivity contribution < 1.29 is 28.3 Å². The highest BCUT2D eigenvalue weighted by molar-refractivity contribution is 6.63. The molecule has 65 heavy (non-hydrogen) atoms. The van der Waals surface area contributed by atoms with E-state index < -0.39 is 24.3 Å². The Balaban J connectivity index is 0.000000259. The molecule has 16 nitrogen and oxygen atoms in total. The predicted octanol–water partition coefficient (Wildman–Crippen LogP) is 11.4. The molecular weight excluding hydrogens is 895 g/mol. The molecule has 4 aromatic carbocycles. The van der Waals surface area contributed by atoms with Crippen molar-refractivity contribution in [3.8, 4) is 35.0 Å². The van der Waals surface area contributed by atoms with E-state index in [1.165, 1.54) is 0 Å². The zero-order valence-electron chi connectivity index (χ0n) is 35.9. The van der Waals surface area contributed by atoms with Crippen LogP contribution in [0.4, 0.5) is 22.7 Å². The van der Waals surface area contributed by atoms with Crippen LogP contribution in [0, 0.1) is 49.7 Å². The Kier molecular flexibility index (Phi) is 18.5. The zero-order chi connectivity index (χ0) is 47.8. The average Bonchev–Trinajstić information content (AvgIpc) is 4.02. The Morgan fingerprint density at radius 2 is 1.12 bits per heavy atom. The fraction of sp³-hybridized carbons (Fsp3) is 0.261. The van der Waals surface area contributed by atoms with Gasteiger partial charge in [-0.25, -0.2) is 9.69 Å². The summed E-state index contributed by atoms with van der Waals surface area (Å²) in [5.74, 6) is 0.604. The highest BCUT2D eigenvalue weighted by Crippen LogP contribution is 2.37. The molecule has 0 unspecified atom stereocenters. The van der Waals surface area contributed by atoms with Crippen LogP contribution in [0.5, 0.6) is 0 Å². The molecule has 0 aliphatic rings. The third kappa shape index (κ3) is 13.4. The van der Waals surface area contributed by atoms with E-state index in [0.29, 0.717) is 72.6 Å². The molecule has 2 heterocycles. The summed E-state index contributed by atoms with van der Waals surface area (Å²) < 4.78 is 17.1. The molecule has 3 N–H and O–H groups in total. The van der Waals surface area contributed by atoms with Gasteiger partial charge in [-0.1, -0.05) is 49.2 Å². The highest BCUT2D eigenvalue weighted by atomic mass is 35.5. The first-order valence-corrected chi connectivity index (χ1v) is 20.8. The molecule has 0 saturated heterocycles. The van der Waals surface area contributed by atoms with Crippen molar-refractivity contribution in [1.29, 1.82) is 10.5 Å². The molecule has 6 rings (SSSR count). The molecule has 0 fully saturated rings. The van der Waals surface area contributed by atoms with Crippen LogP contribution < -0.4 is 10.6 Å². The maximum absolute atomic E-state index is 11.9. The molecular formula is C46H41Cl3N10O6. The highest BCUT2D eigenvalue weighted by Gasteiger charge is 2.29. The lowest BCUT2D eigenvalue weighted by atomic mass is 10.1. The third-order valence-corrected chi connectivity index (χ3v) is 10.6. The minimum atomic E-state index is -0.840. The second-order valence-corrected chi connectivity index (χ2v) is 15.1. The number of aromatic nitrogens is 4. The number of esters is 1. The molecule has 19 heteroatoms. The van der Waals surface area contributed by atoms with Gasteiger partial charge >= 0.3 is 5.97 Å². The van der Waals surface area contributed by atoms with E-state index in [2.05, 4.69) is 52.9 Å². The molecule has 2 aromatic heterocycles. The van der Waals surface area contributed by atoms with Gasteiger partial charge in [-0.2, -0.15) is 10.5 Å². The zero-order valence-corrected chi connectivity index (χ0v) is 38.1. The SMILES string of the molecule is CCC(=O)Cl.[C-]#[N+]c1ccc(N[C@@H](c2nnc(-c3ccc(C#N)cc3)o2)[C@H](C)O)c(C)c1Cl.[C-]#[N+]c1ccc(N[C@@H](c2nnc(-c3ccc(C#N)cc3)o2)[C@H](C)OC(=O)CC)c(C)c1Cl. The van der Waals surface area contributed by atoms with Crippen LogP contribution in [0.25, 0.3) is 32.6 Å². The van der Waals surface area contributed by atoms with E-state index in [9.17, 15) is 14.7 Å². The average molecular weight is 936 g/mol. The van der Waals surface area contributed by atoms with Gasteiger partial charge in [0.2, 0.25) is 40.2 Å². The predicted molar refractivity (Wildman–Crippen MR) is 245 cm³/mol. The number of nitrogens with zero attached hydrogens (tertiary/aromatic N) is 8. The van der Waals surface area contributed by atoms with Crippen LogP contribution in [0.2, 0.25) is 10.0 Å². The Morgan fingerprint density at radius 1 is 0.723 bits per heavy atom. The standard InChI is InChI=1S/C23H20ClN5O3.C20H16ClN5O2.C3H5ClO/c1-5-19(30)31-14(3)21(27-17-10-11-18(26-4)20(24)13(17)2)23-29-28-22(32-23)16-8-6-15(12-25)7-9-16;1-11-15(8-9-16(23-3)17(11)21)24-18(12(2)27)20-26-25-19(28-20)14-6-4-13(10-22)5-7-14;1-2-3(4)5/h6-11,14,21,27H,5H2,1-3H3;4-9,12,18,24,27H,1-2H3;2H2,1H3/t14-,21+;12-,18+;/m00./s1. The lowest BCUT2D eigenvalue weighted by molar-refractivity contribution is -0.148. The molecule has 0 aliphatic heterocycles. The molecule has 0 amide bonds. The van der Waals surface area contributed by atoms with Crippen molar-refractivity contribution in [3.63, 3.8) is 0 Å². The second kappa shape index (κ2) is 23.9. The number of hydrogen-bond acceptors (Lipinski definition) is 14. The van der Waals surface area contributed by atoms with Crippen LogP contribution in [-0.4, -0.2) is 48.9 Å². The van der Waals surface area contributed by atoms with Gasteiger partial charge in [0.15, 0.2) is 0 Å². The maximum Gasteiger partial charge on any atom is 0.305 e. The van der Waals surface area contributed by atoms with Gasteiger partial charge in [0.25, 0.3) is 0 Å². The van der Waals surface area contributed by atoms with E-state index in [-0.39, 0.29) is 41.2 Å². The van der Waals surface area contributed by atoms with E-state index in [0.717, 1.165) is 0 Å². The molecule has 0 saturated carbocycles. The number of nitriles is 2. The van der Waals surface area contributed by atoms with Gasteiger partial charge in [0, 0.05) is 35.3 Å². The Bertz CT molecular complexity index is 2780. The van der Waals surface area contributed by atoms with Gasteiger partial charge in [-0.15, -0.1) is 20.4 Å². The Hall–Kier alpha value is -7.31. The number of aliphatic hydroxyl groups is 1. The molecule has 0 aliphatic carbocycles. The fourth-order valence-electron chi connectivity index (χ4n) is 5.62. The summed E-state index contributed by atoms with van der Waals surface area (Å²) in [6, 6.07) is 22.9. The number of nitrogens with one attached hydrogen (secondary N) is 2. The second-order valence-electron chi connectivity index (χ2n) is 13.9. The summed E-state index contributed by atoms with van der Waals surface area (Å²) in [5, 5.41) is 51.3. The van der Waals surface area contributed by atoms with Gasteiger partial charge in [-0.05, 0) is 111 Å². The summed E-state index contributed by atoms with van der Waals surface area (Å²) in [6.45, 7) is 24.7. The molecule has 332 valence electrons. The summed E-state index contributed by atoms with van der Waals surface area (Å²) in [7, 11) is 0. The van der Waals surface area contributed by atoms with Crippen LogP contribution >= 0.6 is 34.8 Å². The summed E-state index contributed by atoms with van der Waals surface area (Å²) >= 11 is 17.4. The molecule has 0 spiro atoms. The van der Waals surface area contributed by atoms with Crippen LogP contribution in [0.3, 0.4) is 0 Å². The number of ether oxygens (including phenoxy) is 1. The first-order valence-electron chi connectivity index (χ1n) is 19.7. The van der Waals surface area contributed by atoms with Crippen LogP contribution in [0.1, 0.15) is 86.7 Å². The van der Waals surface area contributed by atoms with Crippen molar-refractivity contribution in [1.82, 2.24) is 20.4 Å². The number of benzene rings is 4. The van der Waals surface area contributed by atoms with Crippen LogP contribution in [0.15, 0.2) is 81.6 Å². The van der Waals surface area contributed by atoms with Gasteiger partial charge in [0.1, 0.15) is 18.2 Å². The van der Waals surface area contributed by atoms with E-state index in [1.807, 2.05) is 0 Å². The lowest BCUT2D eigenvalue weighted by Crippen LogP contribution is -2.28. The van der Waals surface area contributed by atoms with Crippen molar-refractivity contribution >= 4 is 68.8 Å². The summed E-state index contributed by atoms with van der Waals surface area (Å²) in [4.78, 5) is 28.3. The molecule has 0 radical (unpaired) electrons. The molecule has 6 aromatic rings. The van der Waals surface area contributed by atoms with Gasteiger partial charge < -0.3 is 29.3 Å². The number of aliphatic hydroxyl groups excluding tert-OH is 1. The summed E-state index contributed by atoms with van der Waals surface area (Å²) in [6.07, 6.45) is -0.827. The summed E-state index contributed by atoms with van der Waals surface area (Å²) in [5.41, 5.74) is 5.73. The lowest BCUT2D eigenvalue weighted by Gasteiger charge is -2.24. The van der Waals surface area contributed by atoms with Crippen LogP contribution in [-0.2, 0) is 14.3 Å². The minimum Gasteiger partial charge on any atom is -0.460 e. The van der Waals surface area contributed by atoms with Crippen molar-refractivity contribution in [2.75, 3.05) is 10.6 Å². The number of halogens is 3. The normalized spacial score (nSPS) is 12.1. The van der Waals surface area contributed by atoms with Crippen molar-refractivity contribution in [2.24, 2.45) is 0 Å². The third-order valence-electron chi connectivity index (χ3n) is 9.37. The van der Waals surface area contributed by atoms with Crippen molar-refractivity contribution in [2.45, 2.75) is 78.7 Å². The van der Waals surface area contributed by atoms with E-state index in [1.54, 1.807) is 114 Å². The van der Waals surface area contributed by atoms with E-state index in [4.69, 9.17) is 72.0 Å². The van der Waals surface area contributed by atoms with E-state index >= 15 is 0 Å². The monoisotopic (exact) mass is 934 g/mol. The van der Waals surface area contributed by atoms with Gasteiger partial charge in [-0.3, -0.25) is 9.59 Å². The number of carbonyl (C=O) groups excluding carboxylic acids is 2. The number of carbonyl (C=O) groups is 2. The topological polar surface area (TPSA) is 222 Å². The first-order chi connectivity index (χ1) is 31.1. The maximum atomic E-state index is 11.9. The van der Waals surface area contributed by atoms with Gasteiger partial charge in [0.05, 0.1) is 52.6 Å². The quantitative estimate of drug-likeness (QED) is 0.0557.